The molecule has 0 aliphatic rings. The number of halogens is 3. The molecule has 0 N–H and O–H groups in total. The first-order chi connectivity index (χ1) is 9.34. The van der Waals surface area contributed by atoms with Gasteiger partial charge in [0.1, 0.15) is 6.07 Å². The van der Waals surface area contributed by atoms with Gasteiger partial charge in [0, 0.05) is 10.5 Å². The number of alkyl halides is 3. The quantitative estimate of drug-likeness (QED) is 0.485. The summed E-state index contributed by atoms with van der Waals surface area (Å²) in [5.41, 5.74) is -5.76. The van der Waals surface area contributed by atoms with Crippen molar-refractivity contribution in [1.29, 1.82) is 5.26 Å². The van der Waals surface area contributed by atoms with Crippen LogP contribution >= 0.6 is 11.8 Å². The van der Waals surface area contributed by atoms with Crippen molar-refractivity contribution in [1.82, 2.24) is 0 Å². The van der Waals surface area contributed by atoms with E-state index in [1.807, 2.05) is 0 Å². The lowest BCUT2D eigenvalue weighted by atomic mass is 10.0. The summed E-state index contributed by atoms with van der Waals surface area (Å²) in [4.78, 5) is 22.1. The summed E-state index contributed by atoms with van der Waals surface area (Å²) < 4.78 is 41.8. The second-order valence-electron chi connectivity index (χ2n) is 3.40. The Morgan fingerprint density at radius 3 is 2.60 bits per heavy atom. The van der Waals surface area contributed by atoms with Crippen molar-refractivity contribution < 1.29 is 27.5 Å². The number of benzene rings is 1. The van der Waals surface area contributed by atoms with Gasteiger partial charge in [-0.05, 0) is 30.8 Å². The Morgan fingerprint density at radius 1 is 1.50 bits per heavy atom. The SMILES string of the molecule is CCOC(=O)c1c(C=O)ccc(SC(F)(F)F)c1C#N. The van der Waals surface area contributed by atoms with E-state index >= 15 is 0 Å². The molecule has 0 saturated heterocycles. The van der Waals surface area contributed by atoms with Gasteiger partial charge < -0.3 is 4.74 Å². The zero-order chi connectivity index (χ0) is 15.3. The van der Waals surface area contributed by atoms with Gasteiger partial charge in [0.05, 0.1) is 17.7 Å². The van der Waals surface area contributed by atoms with Crippen LogP contribution < -0.4 is 0 Å². The predicted molar refractivity (Wildman–Crippen MR) is 64.4 cm³/mol. The van der Waals surface area contributed by atoms with Crippen LogP contribution in [0.1, 0.15) is 33.2 Å². The number of hydrogen-bond donors (Lipinski definition) is 0. The summed E-state index contributed by atoms with van der Waals surface area (Å²) >= 11 is -0.525. The van der Waals surface area contributed by atoms with Crippen LogP contribution in [0.3, 0.4) is 0 Å². The van der Waals surface area contributed by atoms with E-state index in [0.717, 1.165) is 12.1 Å². The molecule has 4 nitrogen and oxygen atoms in total. The van der Waals surface area contributed by atoms with E-state index in [2.05, 4.69) is 4.74 Å². The highest BCUT2D eigenvalue weighted by molar-refractivity contribution is 8.00. The average Bonchev–Trinajstić information content (AvgIpc) is 2.36. The summed E-state index contributed by atoms with van der Waals surface area (Å²) in [7, 11) is 0. The lowest BCUT2D eigenvalue weighted by molar-refractivity contribution is -0.0328. The van der Waals surface area contributed by atoms with Gasteiger partial charge in [-0.15, -0.1) is 0 Å². The van der Waals surface area contributed by atoms with Crippen LogP contribution in [0.25, 0.3) is 0 Å². The normalized spacial score (nSPS) is 10.8. The molecule has 0 fully saturated rings. The number of esters is 1. The fourth-order valence-corrected chi connectivity index (χ4v) is 2.08. The second-order valence-corrected chi connectivity index (χ2v) is 4.51. The monoisotopic (exact) mass is 303 g/mol. The first kappa shape index (κ1) is 16.0. The first-order valence-corrected chi connectivity index (χ1v) is 6.10. The maximum atomic E-state index is 12.4. The van der Waals surface area contributed by atoms with Crippen LogP contribution in [0, 0.1) is 11.3 Å². The highest BCUT2D eigenvalue weighted by Crippen LogP contribution is 2.39. The molecule has 0 unspecified atom stereocenters. The molecular formula is C12H8F3NO3S. The van der Waals surface area contributed by atoms with Crippen molar-refractivity contribution in [3.63, 3.8) is 0 Å². The molecule has 0 aliphatic heterocycles. The van der Waals surface area contributed by atoms with Crippen molar-refractivity contribution >= 4 is 24.0 Å². The number of aldehydes is 1. The van der Waals surface area contributed by atoms with Gasteiger partial charge in [-0.1, -0.05) is 0 Å². The smallest absolute Gasteiger partial charge is 0.446 e. The van der Waals surface area contributed by atoms with Gasteiger partial charge in [0.2, 0.25) is 0 Å². The molecule has 0 saturated carbocycles. The third-order valence-corrected chi connectivity index (χ3v) is 2.93. The van der Waals surface area contributed by atoms with E-state index in [0.29, 0.717) is 0 Å². The van der Waals surface area contributed by atoms with Gasteiger partial charge in [0.25, 0.3) is 0 Å². The summed E-state index contributed by atoms with van der Waals surface area (Å²) in [6, 6.07) is 3.55. The van der Waals surface area contributed by atoms with Gasteiger partial charge in [0.15, 0.2) is 6.29 Å². The Morgan fingerprint density at radius 2 is 2.15 bits per heavy atom. The summed E-state index contributed by atoms with van der Waals surface area (Å²) in [5.74, 6) is -1.00. The fourth-order valence-electron chi connectivity index (χ4n) is 1.44. The van der Waals surface area contributed by atoms with Gasteiger partial charge in [-0.25, -0.2) is 4.79 Å². The molecule has 0 heterocycles. The molecule has 0 aromatic heterocycles. The lowest BCUT2D eigenvalue weighted by Crippen LogP contribution is -2.12. The number of carbonyl (C=O) groups is 2. The number of nitriles is 1. The molecule has 0 atom stereocenters. The highest BCUT2D eigenvalue weighted by Gasteiger charge is 2.32. The van der Waals surface area contributed by atoms with E-state index < -0.39 is 39.3 Å². The van der Waals surface area contributed by atoms with Gasteiger partial charge >= 0.3 is 11.5 Å². The number of carbonyl (C=O) groups excluding carboxylic acids is 2. The molecule has 0 amide bonds. The first-order valence-electron chi connectivity index (χ1n) is 5.29. The largest absolute Gasteiger partial charge is 0.462 e. The van der Waals surface area contributed by atoms with E-state index in [1.165, 1.54) is 13.0 Å². The summed E-state index contributed by atoms with van der Waals surface area (Å²) in [6.07, 6.45) is 0.287. The van der Waals surface area contributed by atoms with Crippen molar-refractivity contribution in [2.24, 2.45) is 0 Å². The molecule has 0 aliphatic carbocycles. The average molecular weight is 303 g/mol. The third-order valence-electron chi connectivity index (χ3n) is 2.14. The Kier molecular flexibility index (Phi) is 5.16. The minimum atomic E-state index is -4.61. The molecule has 0 bridgehead atoms. The Bertz CT molecular complexity index is 579. The zero-order valence-electron chi connectivity index (χ0n) is 10.2. The number of ether oxygens (including phenoxy) is 1. The van der Waals surface area contributed by atoms with Crippen molar-refractivity contribution in [2.45, 2.75) is 17.3 Å². The molecule has 1 aromatic carbocycles. The van der Waals surface area contributed by atoms with Crippen LogP contribution in [0.15, 0.2) is 17.0 Å². The minimum Gasteiger partial charge on any atom is -0.462 e. The molecule has 20 heavy (non-hydrogen) atoms. The van der Waals surface area contributed by atoms with E-state index in [4.69, 9.17) is 5.26 Å². The predicted octanol–water partition coefficient (Wildman–Crippen LogP) is 3.16. The number of nitrogens with zero attached hydrogens (tertiary/aromatic N) is 1. The van der Waals surface area contributed by atoms with Gasteiger partial charge in [-0.2, -0.15) is 18.4 Å². The molecule has 8 heteroatoms. The van der Waals surface area contributed by atoms with Crippen LogP contribution in [0.2, 0.25) is 0 Å². The van der Waals surface area contributed by atoms with Crippen molar-refractivity contribution in [2.75, 3.05) is 6.61 Å². The van der Waals surface area contributed by atoms with Crippen LogP contribution in [0.4, 0.5) is 13.2 Å². The Labute approximate surface area is 116 Å². The fraction of sp³-hybridized carbons (Fsp3) is 0.250. The van der Waals surface area contributed by atoms with Gasteiger partial charge in [-0.3, -0.25) is 4.79 Å². The van der Waals surface area contributed by atoms with Crippen LogP contribution in [-0.2, 0) is 4.74 Å². The summed E-state index contributed by atoms with van der Waals surface area (Å²) in [5, 5.41) is 8.98. The molecule has 1 rings (SSSR count). The zero-order valence-corrected chi connectivity index (χ0v) is 11.0. The maximum absolute atomic E-state index is 12.4. The molecule has 0 radical (unpaired) electrons. The van der Waals surface area contributed by atoms with Crippen molar-refractivity contribution in [3.05, 3.63) is 28.8 Å². The Hall–Kier alpha value is -2.01. The highest BCUT2D eigenvalue weighted by atomic mass is 32.2. The topological polar surface area (TPSA) is 67.2 Å². The minimum absolute atomic E-state index is 0.0291. The second kappa shape index (κ2) is 6.43. The third kappa shape index (κ3) is 3.74. The summed E-state index contributed by atoms with van der Waals surface area (Å²) in [6.45, 7) is 1.47. The molecule has 106 valence electrons. The van der Waals surface area contributed by atoms with E-state index in [9.17, 15) is 22.8 Å². The lowest BCUT2D eigenvalue weighted by Gasteiger charge is -2.12. The number of rotatable bonds is 4. The Balaban J connectivity index is 3.45. The molecule has 0 spiro atoms. The number of hydrogen-bond acceptors (Lipinski definition) is 5. The van der Waals surface area contributed by atoms with Crippen molar-refractivity contribution in [3.8, 4) is 6.07 Å². The van der Waals surface area contributed by atoms with E-state index in [1.54, 1.807) is 0 Å². The maximum Gasteiger partial charge on any atom is 0.446 e. The standard InChI is InChI=1S/C12H8F3NO3S/c1-2-19-11(18)10-7(6-17)3-4-9(8(10)5-16)20-12(13,14)15/h3-4,6H,2H2,1H3. The van der Waals surface area contributed by atoms with Crippen LogP contribution in [0.5, 0.6) is 0 Å². The van der Waals surface area contributed by atoms with E-state index in [-0.39, 0.29) is 18.5 Å². The molecule has 1 aromatic rings. The van der Waals surface area contributed by atoms with Crippen LogP contribution in [-0.4, -0.2) is 24.4 Å². The number of thioether (sulfide) groups is 1. The molecular weight excluding hydrogens is 295 g/mol.